The number of pyridine rings is 1. The molecular formula is C13H16FNO3S. The summed E-state index contributed by atoms with van der Waals surface area (Å²) in [6, 6.07) is 2.42. The first-order chi connectivity index (χ1) is 8.92. The lowest BCUT2D eigenvalue weighted by Gasteiger charge is -2.43. The van der Waals surface area contributed by atoms with Crippen molar-refractivity contribution in [2.24, 2.45) is 0 Å². The van der Waals surface area contributed by atoms with Gasteiger partial charge in [0.05, 0.1) is 16.2 Å². The van der Waals surface area contributed by atoms with Gasteiger partial charge in [0.25, 0.3) is 0 Å². The predicted octanol–water partition coefficient (Wildman–Crippen LogP) is 1.54. The van der Waals surface area contributed by atoms with Crippen molar-refractivity contribution in [3.8, 4) is 0 Å². The molecular weight excluding hydrogens is 269 g/mol. The number of hydrogen-bond donors (Lipinski definition) is 1. The van der Waals surface area contributed by atoms with E-state index in [4.69, 9.17) is 0 Å². The fourth-order valence-corrected chi connectivity index (χ4v) is 5.87. The molecule has 0 aliphatic carbocycles. The van der Waals surface area contributed by atoms with E-state index in [0.717, 1.165) is 6.42 Å². The van der Waals surface area contributed by atoms with Crippen molar-refractivity contribution in [3.05, 3.63) is 29.8 Å². The zero-order valence-corrected chi connectivity index (χ0v) is 11.2. The highest BCUT2D eigenvalue weighted by Gasteiger charge is 2.51. The van der Waals surface area contributed by atoms with Gasteiger partial charge in [-0.2, -0.15) is 0 Å². The summed E-state index contributed by atoms with van der Waals surface area (Å²) < 4.78 is 37.6. The van der Waals surface area contributed by atoms with Crippen LogP contribution in [0.5, 0.6) is 0 Å². The second-order valence-electron chi connectivity index (χ2n) is 5.56. The zero-order chi connectivity index (χ0) is 13.7. The summed E-state index contributed by atoms with van der Waals surface area (Å²) in [5.74, 6) is -0.461. The van der Waals surface area contributed by atoms with Crippen molar-refractivity contribution in [1.82, 2.24) is 4.98 Å². The maximum absolute atomic E-state index is 13.3. The van der Waals surface area contributed by atoms with Gasteiger partial charge in [-0.15, -0.1) is 0 Å². The largest absolute Gasteiger partial charge is 0.383 e. The maximum atomic E-state index is 13.3. The van der Waals surface area contributed by atoms with E-state index >= 15 is 0 Å². The minimum atomic E-state index is -3.14. The molecule has 2 fully saturated rings. The molecule has 0 spiro atoms. The SMILES string of the molecule is O=S1(=O)C2CCCC1CC(O)(c1cc(F)ccn1)C2. The zero-order valence-electron chi connectivity index (χ0n) is 10.4. The van der Waals surface area contributed by atoms with Gasteiger partial charge in [0, 0.05) is 6.20 Å². The molecule has 3 rings (SSSR count). The molecule has 0 amide bonds. The van der Waals surface area contributed by atoms with Crippen LogP contribution in [0.4, 0.5) is 4.39 Å². The average Bonchev–Trinajstić information content (AvgIpc) is 2.31. The molecule has 0 radical (unpaired) electrons. The van der Waals surface area contributed by atoms with Crippen molar-refractivity contribution in [2.75, 3.05) is 0 Å². The summed E-state index contributed by atoms with van der Waals surface area (Å²) in [5.41, 5.74) is -1.07. The fourth-order valence-electron chi connectivity index (χ4n) is 3.32. The van der Waals surface area contributed by atoms with Crippen LogP contribution in [0.15, 0.2) is 18.3 Å². The number of nitrogens with zero attached hydrogens (tertiary/aromatic N) is 1. The lowest BCUT2D eigenvalue weighted by Crippen LogP contribution is -2.50. The van der Waals surface area contributed by atoms with Gasteiger partial charge < -0.3 is 5.11 Å². The van der Waals surface area contributed by atoms with Gasteiger partial charge in [-0.05, 0) is 37.8 Å². The van der Waals surface area contributed by atoms with E-state index in [-0.39, 0.29) is 18.5 Å². The number of halogens is 1. The van der Waals surface area contributed by atoms with Crippen molar-refractivity contribution in [3.63, 3.8) is 0 Å². The monoisotopic (exact) mass is 285 g/mol. The van der Waals surface area contributed by atoms with Crippen LogP contribution < -0.4 is 0 Å². The number of hydrogen-bond acceptors (Lipinski definition) is 4. The van der Waals surface area contributed by atoms with E-state index in [1.54, 1.807) is 0 Å². The van der Waals surface area contributed by atoms with Crippen LogP contribution in [0.3, 0.4) is 0 Å². The van der Waals surface area contributed by atoms with Crippen LogP contribution in [0.25, 0.3) is 0 Å². The Balaban J connectivity index is 1.99. The lowest BCUT2D eigenvalue weighted by molar-refractivity contribution is 0.000696. The van der Waals surface area contributed by atoms with E-state index in [2.05, 4.69) is 4.98 Å². The summed E-state index contributed by atoms with van der Waals surface area (Å²) >= 11 is 0. The average molecular weight is 285 g/mol. The molecule has 3 heterocycles. The highest BCUT2D eigenvalue weighted by atomic mass is 32.2. The van der Waals surface area contributed by atoms with Gasteiger partial charge >= 0.3 is 0 Å². The molecule has 0 saturated carbocycles. The molecule has 2 unspecified atom stereocenters. The van der Waals surface area contributed by atoms with Crippen molar-refractivity contribution < 1.29 is 17.9 Å². The first-order valence-corrected chi connectivity index (χ1v) is 8.10. The van der Waals surface area contributed by atoms with Gasteiger partial charge in [0.2, 0.25) is 0 Å². The van der Waals surface area contributed by atoms with Gasteiger partial charge in [-0.3, -0.25) is 4.98 Å². The van der Waals surface area contributed by atoms with Crippen molar-refractivity contribution >= 4 is 9.84 Å². The molecule has 2 atom stereocenters. The summed E-state index contributed by atoms with van der Waals surface area (Å²) in [6.07, 6.45) is 3.60. The van der Waals surface area contributed by atoms with Gasteiger partial charge in [0.15, 0.2) is 9.84 Å². The predicted molar refractivity (Wildman–Crippen MR) is 67.7 cm³/mol. The standard InChI is InChI=1S/C13H16FNO3S/c14-9-4-5-15-12(6-9)13(16)7-10-2-1-3-11(8-13)19(10,17)18/h4-6,10-11,16H,1-3,7-8H2. The molecule has 0 aromatic carbocycles. The number of rotatable bonds is 1. The van der Waals surface area contributed by atoms with Crippen LogP contribution in [0, 0.1) is 5.82 Å². The van der Waals surface area contributed by atoms with Crippen molar-refractivity contribution in [1.29, 1.82) is 0 Å². The van der Waals surface area contributed by atoms with E-state index in [1.807, 2.05) is 0 Å². The van der Waals surface area contributed by atoms with Crippen molar-refractivity contribution in [2.45, 2.75) is 48.2 Å². The second kappa shape index (κ2) is 4.24. The third-order valence-electron chi connectivity index (χ3n) is 4.31. The van der Waals surface area contributed by atoms with Gasteiger partial charge in [-0.25, -0.2) is 12.8 Å². The minimum Gasteiger partial charge on any atom is -0.383 e. The quantitative estimate of drug-likeness (QED) is 0.850. The number of aromatic nitrogens is 1. The highest BCUT2D eigenvalue weighted by molar-refractivity contribution is 7.92. The molecule has 4 nitrogen and oxygen atoms in total. The molecule has 2 saturated heterocycles. The third kappa shape index (κ3) is 2.07. The van der Waals surface area contributed by atoms with Crippen LogP contribution in [-0.2, 0) is 15.4 Å². The Morgan fingerprint density at radius 3 is 2.53 bits per heavy atom. The molecule has 1 aromatic rings. The van der Waals surface area contributed by atoms with E-state index in [1.165, 1.54) is 18.3 Å². The third-order valence-corrected chi connectivity index (χ3v) is 6.97. The lowest BCUT2D eigenvalue weighted by atomic mass is 9.83. The first-order valence-electron chi connectivity index (χ1n) is 6.49. The molecule has 19 heavy (non-hydrogen) atoms. The number of fused-ring (bicyclic) bond motifs is 2. The van der Waals surface area contributed by atoms with E-state index < -0.39 is 31.8 Å². The molecule has 2 bridgehead atoms. The van der Waals surface area contributed by atoms with Crippen LogP contribution in [0.1, 0.15) is 37.8 Å². The molecule has 2 aliphatic rings. The molecule has 104 valence electrons. The molecule has 2 aliphatic heterocycles. The normalized spacial score (nSPS) is 36.9. The fraction of sp³-hybridized carbons (Fsp3) is 0.615. The second-order valence-corrected chi connectivity index (χ2v) is 8.07. The Morgan fingerprint density at radius 1 is 1.32 bits per heavy atom. The Morgan fingerprint density at radius 2 is 1.95 bits per heavy atom. The Labute approximate surface area is 111 Å². The topological polar surface area (TPSA) is 67.3 Å². The Bertz CT molecular complexity index is 582. The highest BCUT2D eigenvalue weighted by Crippen LogP contribution is 2.45. The molecule has 1 N–H and O–H groups in total. The molecule has 6 heteroatoms. The van der Waals surface area contributed by atoms with Gasteiger partial charge in [0.1, 0.15) is 11.4 Å². The Hall–Kier alpha value is -1.01. The molecule has 1 aromatic heterocycles. The van der Waals surface area contributed by atoms with Crippen LogP contribution in [0.2, 0.25) is 0 Å². The summed E-state index contributed by atoms with van der Waals surface area (Å²) in [7, 11) is -3.14. The summed E-state index contributed by atoms with van der Waals surface area (Å²) in [6.45, 7) is 0. The maximum Gasteiger partial charge on any atom is 0.156 e. The van der Waals surface area contributed by atoms with Crippen LogP contribution in [-0.4, -0.2) is 29.0 Å². The number of sulfone groups is 1. The van der Waals surface area contributed by atoms with Gasteiger partial charge in [-0.1, -0.05) is 6.42 Å². The number of aliphatic hydroxyl groups is 1. The minimum absolute atomic E-state index is 0.127. The summed E-state index contributed by atoms with van der Waals surface area (Å²) in [4.78, 5) is 4.03. The first kappa shape index (κ1) is 13.0. The Kier molecular flexibility index (Phi) is 2.90. The van der Waals surface area contributed by atoms with E-state index in [9.17, 15) is 17.9 Å². The van der Waals surface area contributed by atoms with Crippen LogP contribution >= 0.6 is 0 Å². The smallest absolute Gasteiger partial charge is 0.156 e. The summed E-state index contributed by atoms with van der Waals surface area (Å²) in [5, 5.41) is 9.67. The van der Waals surface area contributed by atoms with E-state index in [0.29, 0.717) is 12.8 Å².